The van der Waals surface area contributed by atoms with Crippen LogP contribution in [0.25, 0.3) is 11.3 Å². The predicted molar refractivity (Wildman–Crippen MR) is 71.7 cm³/mol. The van der Waals surface area contributed by atoms with Gasteiger partial charge in [-0.3, -0.25) is 5.10 Å². The van der Waals surface area contributed by atoms with E-state index in [9.17, 15) is 4.79 Å². The summed E-state index contributed by atoms with van der Waals surface area (Å²) >= 11 is 0. The fourth-order valence-electron chi connectivity index (χ4n) is 2.47. The fraction of sp³-hybridized carbons (Fsp3) is 0.357. The normalized spacial score (nSPS) is 15.4. The summed E-state index contributed by atoms with van der Waals surface area (Å²) in [7, 11) is 0. The molecule has 0 unspecified atom stereocenters. The highest BCUT2D eigenvalue weighted by Gasteiger charge is 2.18. The summed E-state index contributed by atoms with van der Waals surface area (Å²) in [5.41, 5.74) is 1.04. The number of hydrogen-bond donors (Lipinski definition) is 2. The minimum atomic E-state index is -1.07. The Labute approximate surface area is 115 Å². The summed E-state index contributed by atoms with van der Waals surface area (Å²) in [5, 5.41) is 18.8. The number of benzene rings is 1. The molecule has 0 radical (unpaired) electrons. The fourth-order valence-corrected chi connectivity index (χ4v) is 2.47. The maximum Gasteiger partial charge on any atom is 0.356 e. The highest BCUT2D eigenvalue weighted by molar-refractivity contribution is 5.92. The molecule has 1 aliphatic rings. The molecular weight excluding hydrogens is 258 g/mol. The number of H-pyrrole nitrogens is 1. The first kappa shape index (κ1) is 12.7. The van der Waals surface area contributed by atoms with Gasteiger partial charge in [-0.15, -0.1) is 5.10 Å². The summed E-state index contributed by atoms with van der Waals surface area (Å²) in [4.78, 5) is 11.0. The Balaban J connectivity index is 1.78. The highest BCUT2D eigenvalue weighted by atomic mass is 16.5. The average molecular weight is 273 g/mol. The third kappa shape index (κ3) is 2.49. The number of carboxylic acids is 1. The van der Waals surface area contributed by atoms with Gasteiger partial charge in [0.05, 0.1) is 6.10 Å². The number of nitrogens with zero attached hydrogens (tertiary/aromatic N) is 2. The van der Waals surface area contributed by atoms with Crippen molar-refractivity contribution in [2.24, 2.45) is 0 Å². The number of aromatic amines is 1. The Hall–Kier alpha value is -2.37. The average Bonchev–Trinajstić information content (AvgIpc) is 3.10. The van der Waals surface area contributed by atoms with E-state index in [1.165, 1.54) is 12.8 Å². The van der Waals surface area contributed by atoms with Gasteiger partial charge >= 0.3 is 5.97 Å². The van der Waals surface area contributed by atoms with Crippen LogP contribution in [-0.2, 0) is 0 Å². The number of aromatic carboxylic acids is 1. The van der Waals surface area contributed by atoms with Crippen molar-refractivity contribution in [1.29, 1.82) is 0 Å². The van der Waals surface area contributed by atoms with Gasteiger partial charge in [0.1, 0.15) is 11.4 Å². The smallest absolute Gasteiger partial charge is 0.356 e. The van der Waals surface area contributed by atoms with Gasteiger partial charge in [0, 0.05) is 5.56 Å². The topological polar surface area (TPSA) is 88.1 Å². The molecule has 1 fully saturated rings. The second-order valence-corrected chi connectivity index (χ2v) is 4.89. The third-order valence-corrected chi connectivity index (χ3v) is 3.50. The summed E-state index contributed by atoms with van der Waals surface area (Å²) < 4.78 is 5.87. The number of aromatic nitrogens is 3. The predicted octanol–water partition coefficient (Wildman–Crippen LogP) is 2.49. The molecule has 0 amide bonds. The number of hydrogen-bond acceptors (Lipinski definition) is 4. The molecular formula is C14H15N3O3. The van der Waals surface area contributed by atoms with Gasteiger partial charge in [-0.05, 0) is 49.9 Å². The van der Waals surface area contributed by atoms with E-state index in [2.05, 4.69) is 15.4 Å². The first-order chi connectivity index (χ1) is 9.74. The van der Waals surface area contributed by atoms with Crippen LogP contribution >= 0.6 is 0 Å². The van der Waals surface area contributed by atoms with E-state index in [0.29, 0.717) is 17.4 Å². The molecule has 1 aliphatic carbocycles. The van der Waals surface area contributed by atoms with Gasteiger partial charge in [0.25, 0.3) is 0 Å². The SMILES string of the molecule is O=C(O)c1[nH]nnc1-c1ccc(OC2CCCC2)cc1. The molecule has 6 heteroatoms. The van der Waals surface area contributed by atoms with Gasteiger partial charge in [-0.2, -0.15) is 0 Å². The van der Waals surface area contributed by atoms with Crippen LogP contribution in [0.4, 0.5) is 0 Å². The quantitative estimate of drug-likeness (QED) is 0.893. The molecule has 1 saturated carbocycles. The van der Waals surface area contributed by atoms with Crippen molar-refractivity contribution in [1.82, 2.24) is 15.4 Å². The molecule has 1 aromatic heterocycles. The van der Waals surface area contributed by atoms with E-state index in [-0.39, 0.29) is 5.69 Å². The van der Waals surface area contributed by atoms with E-state index in [1.54, 1.807) is 12.1 Å². The number of rotatable bonds is 4. The number of carboxylic acid groups (broad SMARTS) is 1. The molecule has 3 rings (SSSR count). The van der Waals surface area contributed by atoms with Crippen molar-refractivity contribution in [3.63, 3.8) is 0 Å². The zero-order valence-electron chi connectivity index (χ0n) is 10.9. The van der Waals surface area contributed by atoms with Crippen molar-refractivity contribution in [3.8, 4) is 17.0 Å². The van der Waals surface area contributed by atoms with Crippen LogP contribution in [0.3, 0.4) is 0 Å². The third-order valence-electron chi connectivity index (χ3n) is 3.50. The maximum absolute atomic E-state index is 11.0. The lowest BCUT2D eigenvalue weighted by Crippen LogP contribution is -2.10. The Bertz CT molecular complexity index is 600. The van der Waals surface area contributed by atoms with Gasteiger partial charge in [0.15, 0.2) is 5.69 Å². The van der Waals surface area contributed by atoms with Crippen molar-refractivity contribution in [2.75, 3.05) is 0 Å². The van der Waals surface area contributed by atoms with E-state index in [1.807, 2.05) is 12.1 Å². The van der Waals surface area contributed by atoms with Crippen LogP contribution in [0.2, 0.25) is 0 Å². The second-order valence-electron chi connectivity index (χ2n) is 4.89. The Morgan fingerprint density at radius 1 is 1.25 bits per heavy atom. The van der Waals surface area contributed by atoms with Gasteiger partial charge in [0.2, 0.25) is 0 Å². The molecule has 2 N–H and O–H groups in total. The zero-order chi connectivity index (χ0) is 13.9. The van der Waals surface area contributed by atoms with Gasteiger partial charge in [-0.1, -0.05) is 5.21 Å². The lowest BCUT2D eigenvalue weighted by Gasteiger charge is -2.13. The minimum absolute atomic E-state index is 0.00513. The van der Waals surface area contributed by atoms with Gasteiger partial charge < -0.3 is 9.84 Å². The largest absolute Gasteiger partial charge is 0.490 e. The van der Waals surface area contributed by atoms with Crippen LogP contribution in [0.15, 0.2) is 24.3 Å². The summed E-state index contributed by atoms with van der Waals surface area (Å²) in [6, 6.07) is 7.28. The molecule has 0 bridgehead atoms. The molecule has 2 aromatic rings. The van der Waals surface area contributed by atoms with Gasteiger partial charge in [-0.25, -0.2) is 4.79 Å². The molecule has 6 nitrogen and oxygen atoms in total. The van der Waals surface area contributed by atoms with Crippen molar-refractivity contribution < 1.29 is 14.6 Å². The van der Waals surface area contributed by atoms with E-state index in [4.69, 9.17) is 9.84 Å². The van der Waals surface area contributed by atoms with Crippen molar-refractivity contribution in [3.05, 3.63) is 30.0 Å². The van der Waals surface area contributed by atoms with Crippen LogP contribution in [0, 0.1) is 0 Å². The van der Waals surface area contributed by atoms with E-state index in [0.717, 1.165) is 18.6 Å². The summed E-state index contributed by atoms with van der Waals surface area (Å²) in [5.74, 6) is -0.266. The number of ether oxygens (including phenoxy) is 1. The summed E-state index contributed by atoms with van der Waals surface area (Å²) in [6.45, 7) is 0. The molecule has 0 atom stereocenters. The minimum Gasteiger partial charge on any atom is -0.490 e. The van der Waals surface area contributed by atoms with Crippen LogP contribution < -0.4 is 4.74 Å². The molecule has 0 aliphatic heterocycles. The lowest BCUT2D eigenvalue weighted by molar-refractivity contribution is 0.0691. The van der Waals surface area contributed by atoms with E-state index < -0.39 is 5.97 Å². The van der Waals surface area contributed by atoms with E-state index >= 15 is 0 Å². The second kappa shape index (κ2) is 5.32. The molecule has 104 valence electrons. The Morgan fingerprint density at radius 2 is 1.95 bits per heavy atom. The highest BCUT2D eigenvalue weighted by Crippen LogP contribution is 2.26. The van der Waals surface area contributed by atoms with Crippen LogP contribution in [0.1, 0.15) is 36.2 Å². The van der Waals surface area contributed by atoms with Crippen LogP contribution in [0.5, 0.6) is 5.75 Å². The molecule has 1 heterocycles. The monoisotopic (exact) mass is 273 g/mol. The summed E-state index contributed by atoms with van der Waals surface area (Å²) in [6.07, 6.45) is 4.97. The maximum atomic E-state index is 11.0. The molecule has 0 spiro atoms. The lowest BCUT2D eigenvalue weighted by atomic mass is 10.1. The Morgan fingerprint density at radius 3 is 2.60 bits per heavy atom. The molecule has 0 saturated heterocycles. The Kier molecular flexibility index (Phi) is 3.37. The molecule has 1 aromatic carbocycles. The standard InChI is InChI=1S/C14H15N3O3/c18-14(19)13-12(15-17-16-13)9-5-7-11(8-6-9)20-10-3-1-2-4-10/h5-8,10H,1-4H2,(H,18,19)(H,15,16,17). The van der Waals surface area contributed by atoms with Crippen LogP contribution in [-0.4, -0.2) is 32.6 Å². The number of nitrogens with one attached hydrogen (secondary N) is 1. The van der Waals surface area contributed by atoms with Crippen molar-refractivity contribution >= 4 is 5.97 Å². The number of carbonyl (C=O) groups is 1. The molecule has 20 heavy (non-hydrogen) atoms. The first-order valence-corrected chi connectivity index (χ1v) is 6.65. The zero-order valence-corrected chi connectivity index (χ0v) is 10.9. The first-order valence-electron chi connectivity index (χ1n) is 6.65. The van der Waals surface area contributed by atoms with Crippen molar-refractivity contribution in [2.45, 2.75) is 31.8 Å².